The Morgan fingerprint density at radius 3 is 2.58 bits per heavy atom. The first-order valence-electron chi connectivity index (χ1n) is 10.7. The summed E-state index contributed by atoms with van der Waals surface area (Å²) in [6.07, 6.45) is -2.65. The highest BCUT2D eigenvalue weighted by atomic mass is 35.5. The van der Waals surface area contributed by atoms with E-state index in [-0.39, 0.29) is 11.4 Å². The number of nitrogens with one attached hydrogen (secondary N) is 2. The van der Waals surface area contributed by atoms with Crippen molar-refractivity contribution in [2.75, 3.05) is 11.1 Å². The first kappa shape index (κ1) is 24.0. The summed E-state index contributed by atoms with van der Waals surface area (Å²) in [5.74, 6) is 0.00439. The van der Waals surface area contributed by atoms with Crippen molar-refractivity contribution >= 4 is 45.9 Å². The van der Waals surface area contributed by atoms with Crippen LogP contribution in [0.25, 0.3) is 28.0 Å². The van der Waals surface area contributed by atoms with Crippen LogP contribution in [0.15, 0.2) is 84.1 Å². The van der Waals surface area contributed by atoms with Crippen molar-refractivity contribution < 1.29 is 18.0 Å². The van der Waals surface area contributed by atoms with Crippen LogP contribution in [0.2, 0.25) is 5.02 Å². The molecule has 0 atom stereocenters. The van der Waals surface area contributed by atoms with Gasteiger partial charge in [0.2, 0.25) is 5.91 Å². The zero-order valence-corrected chi connectivity index (χ0v) is 20.0. The average molecular weight is 528 g/mol. The third-order valence-corrected chi connectivity index (χ3v) is 6.54. The zero-order chi connectivity index (χ0) is 25.3. The molecule has 0 aliphatic rings. The maximum atomic E-state index is 13.0. The number of alkyl halides is 3. The molecule has 0 saturated carbocycles. The molecule has 0 radical (unpaired) electrons. The number of nitrogens with zero attached hydrogens (tertiary/aromatic N) is 3. The Bertz CT molecular complexity index is 1550. The number of amides is 1. The predicted molar refractivity (Wildman–Crippen MR) is 134 cm³/mol. The van der Waals surface area contributed by atoms with E-state index in [0.717, 1.165) is 46.0 Å². The minimum Gasteiger partial charge on any atom is -0.360 e. The number of para-hydroxylation sites is 1. The van der Waals surface area contributed by atoms with Gasteiger partial charge < -0.3 is 10.3 Å². The maximum Gasteiger partial charge on any atom is 0.416 e. The molecule has 2 aromatic heterocycles. The summed E-state index contributed by atoms with van der Waals surface area (Å²) in [5, 5.41) is 13.2. The number of benzene rings is 3. The number of fused-ring (bicyclic) bond motifs is 1. The van der Waals surface area contributed by atoms with Crippen LogP contribution in [0, 0.1) is 0 Å². The van der Waals surface area contributed by atoms with E-state index in [1.165, 1.54) is 12.1 Å². The van der Waals surface area contributed by atoms with E-state index in [0.29, 0.717) is 16.0 Å². The Labute approximate surface area is 212 Å². The number of anilines is 1. The number of carbonyl (C=O) groups excluding carboxylic acids is 1. The van der Waals surface area contributed by atoms with Crippen LogP contribution in [-0.4, -0.2) is 31.4 Å². The fraction of sp³-hybridized carbons (Fsp3) is 0.0800. The molecule has 5 aromatic rings. The highest BCUT2D eigenvalue weighted by molar-refractivity contribution is 7.99. The van der Waals surface area contributed by atoms with Crippen molar-refractivity contribution in [3.8, 4) is 17.1 Å². The first-order chi connectivity index (χ1) is 17.3. The lowest BCUT2D eigenvalue weighted by Gasteiger charge is -2.11. The number of halogens is 4. The second-order valence-corrected chi connectivity index (χ2v) is 9.16. The van der Waals surface area contributed by atoms with E-state index in [1.54, 1.807) is 12.1 Å². The molecule has 5 rings (SSSR count). The Hall–Kier alpha value is -3.76. The van der Waals surface area contributed by atoms with Crippen molar-refractivity contribution in [3.63, 3.8) is 0 Å². The SMILES string of the molecule is O=C(CSc1nnc(-c2c[nH]c3ccccc23)n1-c1ccc(Cl)cc1)Nc1cccc(C(F)(F)F)c1. The van der Waals surface area contributed by atoms with Crippen molar-refractivity contribution in [2.45, 2.75) is 11.3 Å². The molecule has 0 spiro atoms. The minimum absolute atomic E-state index is 0.0640. The Morgan fingerprint density at radius 1 is 1.03 bits per heavy atom. The summed E-state index contributed by atoms with van der Waals surface area (Å²) in [5.41, 5.74) is 1.74. The van der Waals surface area contributed by atoms with E-state index >= 15 is 0 Å². The standard InChI is InChI=1S/C25H17ClF3N5OS/c26-16-8-10-18(11-9-16)34-23(20-13-30-21-7-2-1-6-19(20)21)32-33-24(34)36-14-22(35)31-17-5-3-4-15(12-17)25(27,28)29/h1-13,30H,14H2,(H,31,35). The van der Waals surface area contributed by atoms with E-state index in [4.69, 9.17) is 11.6 Å². The number of hydrogen-bond acceptors (Lipinski definition) is 4. The molecule has 0 aliphatic carbocycles. The molecule has 0 bridgehead atoms. The van der Waals surface area contributed by atoms with E-state index < -0.39 is 17.6 Å². The molecular weight excluding hydrogens is 511 g/mol. The molecule has 0 saturated heterocycles. The van der Waals surface area contributed by atoms with E-state index in [2.05, 4.69) is 20.5 Å². The van der Waals surface area contributed by atoms with Crippen LogP contribution in [0.4, 0.5) is 18.9 Å². The molecule has 11 heteroatoms. The number of H-pyrrole nitrogens is 1. The second kappa shape index (κ2) is 9.71. The van der Waals surface area contributed by atoms with Crippen LogP contribution < -0.4 is 5.32 Å². The predicted octanol–water partition coefficient (Wildman–Crippen LogP) is 6.82. The number of rotatable bonds is 6. The third kappa shape index (κ3) is 4.95. The van der Waals surface area contributed by atoms with Crippen LogP contribution in [0.5, 0.6) is 0 Å². The molecular formula is C25H17ClF3N5OS. The number of aromatic amines is 1. The number of hydrogen-bond donors (Lipinski definition) is 2. The second-order valence-electron chi connectivity index (χ2n) is 7.78. The van der Waals surface area contributed by atoms with Crippen molar-refractivity contribution in [1.29, 1.82) is 0 Å². The fourth-order valence-corrected chi connectivity index (χ4v) is 4.60. The molecule has 6 nitrogen and oxygen atoms in total. The summed E-state index contributed by atoms with van der Waals surface area (Å²) in [6, 6.07) is 19.4. The summed E-state index contributed by atoms with van der Waals surface area (Å²) in [7, 11) is 0. The average Bonchev–Trinajstić information content (AvgIpc) is 3.47. The first-order valence-corrected chi connectivity index (χ1v) is 12.0. The van der Waals surface area contributed by atoms with Gasteiger partial charge in [0, 0.05) is 39.1 Å². The topological polar surface area (TPSA) is 75.6 Å². The zero-order valence-electron chi connectivity index (χ0n) is 18.4. The van der Waals surface area contributed by atoms with Gasteiger partial charge in [0.1, 0.15) is 0 Å². The molecule has 182 valence electrons. The van der Waals surface area contributed by atoms with Gasteiger partial charge in [-0.25, -0.2) is 0 Å². The molecule has 0 aliphatic heterocycles. The third-order valence-electron chi connectivity index (χ3n) is 5.35. The van der Waals surface area contributed by atoms with Gasteiger partial charge in [0.15, 0.2) is 11.0 Å². The Kier molecular flexibility index (Phi) is 6.46. The summed E-state index contributed by atoms with van der Waals surface area (Å²) in [6.45, 7) is 0. The van der Waals surface area contributed by atoms with Crippen molar-refractivity contribution in [2.24, 2.45) is 0 Å². The lowest BCUT2D eigenvalue weighted by atomic mass is 10.1. The largest absolute Gasteiger partial charge is 0.416 e. The van der Waals surface area contributed by atoms with E-state index in [9.17, 15) is 18.0 Å². The maximum absolute atomic E-state index is 13.0. The van der Waals surface area contributed by atoms with Crippen LogP contribution in [-0.2, 0) is 11.0 Å². The van der Waals surface area contributed by atoms with Crippen LogP contribution in [0.3, 0.4) is 0 Å². The van der Waals surface area contributed by atoms with Crippen molar-refractivity contribution in [3.05, 3.63) is 89.6 Å². The van der Waals surface area contributed by atoms with Crippen molar-refractivity contribution in [1.82, 2.24) is 19.7 Å². The van der Waals surface area contributed by atoms with Gasteiger partial charge in [0.05, 0.1) is 11.3 Å². The number of aromatic nitrogens is 4. The molecule has 1 amide bonds. The lowest BCUT2D eigenvalue weighted by molar-refractivity contribution is -0.137. The molecule has 3 aromatic carbocycles. The molecule has 0 fully saturated rings. The van der Waals surface area contributed by atoms with Gasteiger partial charge in [-0.05, 0) is 48.5 Å². The normalized spacial score (nSPS) is 11.7. The quantitative estimate of drug-likeness (QED) is 0.238. The van der Waals surface area contributed by atoms with Gasteiger partial charge >= 0.3 is 6.18 Å². The monoisotopic (exact) mass is 527 g/mol. The molecule has 0 unspecified atom stereocenters. The fourth-order valence-electron chi connectivity index (χ4n) is 3.72. The van der Waals surface area contributed by atoms with Gasteiger partial charge in [-0.1, -0.05) is 47.6 Å². The highest BCUT2D eigenvalue weighted by Gasteiger charge is 2.30. The Balaban J connectivity index is 1.43. The number of thioether (sulfide) groups is 1. The minimum atomic E-state index is -4.50. The molecule has 36 heavy (non-hydrogen) atoms. The highest BCUT2D eigenvalue weighted by Crippen LogP contribution is 2.33. The van der Waals surface area contributed by atoms with Gasteiger partial charge in [-0.3, -0.25) is 9.36 Å². The van der Waals surface area contributed by atoms with Crippen LogP contribution in [0.1, 0.15) is 5.56 Å². The molecule has 2 heterocycles. The summed E-state index contributed by atoms with van der Waals surface area (Å²) >= 11 is 7.19. The smallest absolute Gasteiger partial charge is 0.360 e. The van der Waals surface area contributed by atoms with Crippen LogP contribution >= 0.6 is 23.4 Å². The Morgan fingerprint density at radius 2 is 1.81 bits per heavy atom. The van der Waals surface area contributed by atoms with E-state index in [1.807, 2.05) is 47.2 Å². The van der Waals surface area contributed by atoms with Gasteiger partial charge in [-0.15, -0.1) is 10.2 Å². The lowest BCUT2D eigenvalue weighted by Crippen LogP contribution is -2.15. The molecule has 2 N–H and O–H groups in total. The van der Waals surface area contributed by atoms with Gasteiger partial charge in [-0.2, -0.15) is 13.2 Å². The summed E-state index contributed by atoms with van der Waals surface area (Å²) < 4.78 is 40.7. The van der Waals surface area contributed by atoms with Gasteiger partial charge in [0.25, 0.3) is 0 Å². The number of carbonyl (C=O) groups is 1. The summed E-state index contributed by atoms with van der Waals surface area (Å²) in [4.78, 5) is 15.8.